The maximum absolute atomic E-state index is 12.4. The van der Waals surface area contributed by atoms with Crippen molar-refractivity contribution in [3.05, 3.63) is 63.6 Å². The number of rotatable bonds is 5. The Labute approximate surface area is 151 Å². The van der Waals surface area contributed by atoms with Gasteiger partial charge in [0.1, 0.15) is 6.54 Å². The van der Waals surface area contributed by atoms with E-state index < -0.39 is 0 Å². The number of likely N-dealkylation sites (N-methyl/N-ethyl adjacent to an activating group) is 1. The molecule has 0 saturated carbocycles. The number of anilines is 1. The fourth-order valence-corrected chi connectivity index (χ4v) is 2.67. The monoisotopic (exact) mass is 362 g/mol. The molecule has 0 aliphatic carbocycles. The fourth-order valence-electron chi connectivity index (χ4n) is 2.28. The Bertz CT molecular complexity index is 786. The Morgan fingerprint density at radius 3 is 2.71 bits per heavy atom. The van der Waals surface area contributed by atoms with E-state index in [0.717, 1.165) is 10.5 Å². The van der Waals surface area contributed by atoms with E-state index in [0.29, 0.717) is 27.8 Å². The standard InChI is InChI=1S/C18H17Cl2N3O/c1-12(18(24)22-15-7-3-5-13(9-15)10-21)23(2)11-14-6-4-8-16(19)17(14)20/h3-9,12H,11H2,1-2H3,(H,22,24)/p+1/t12-/m1/s1. The van der Waals surface area contributed by atoms with Gasteiger partial charge < -0.3 is 10.2 Å². The molecule has 6 heteroatoms. The molecule has 0 saturated heterocycles. The summed E-state index contributed by atoms with van der Waals surface area (Å²) >= 11 is 12.2. The average Bonchev–Trinajstić information content (AvgIpc) is 2.58. The van der Waals surface area contributed by atoms with Gasteiger partial charge >= 0.3 is 0 Å². The van der Waals surface area contributed by atoms with Crippen LogP contribution in [-0.2, 0) is 11.3 Å². The number of carbonyl (C=O) groups is 1. The zero-order valence-electron chi connectivity index (χ0n) is 13.4. The van der Waals surface area contributed by atoms with Crippen molar-refractivity contribution in [3.63, 3.8) is 0 Å². The summed E-state index contributed by atoms with van der Waals surface area (Å²) in [6.45, 7) is 2.42. The topological polar surface area (TPSA) is 57.3 Å². The Morgan fingerprint density at radius 2 is 2.00 bits per heavy atom. The molecule has 0 radical (unpaired) electrons. The molecular formula is C18H18Cl2N3O+. The summed E-state index contributed by atoms with van der Waals surface area (Å²) in [7, 11) is 1.92. The molecule has 124 valence electrons. The average molecular weight is 363 g/mol. The van der Waals surface area contributed by atoms with E-state index in [9.17, 15) is 4.79 Å². The summed E-state index contributed by atoms with van der Waals surface area (Å²) in [5.74, 6) is -0.124. The summed E-state index contributed by atoms with van der Waals surface area (Å²) in [6, 6.07) is 14.1. The van der Waals surface area contributed by atoms with Crippen molar-refractivity contribution in [1.29, 1.82) is 5.26 Å². The minimum atomic E-state index is -0.300. The summed E-state index contributed by atoms with van der Waals surface area (Å²) in [6.07, 6.45) is 0. The number of nitrogens with one attached hydrogen (secondary N) is 2. The van der Waals surface area contributed by atoms with Crippen molar-refractivity contribution >= 4 is 34.8 Å². The number of nitrogens with zero attached hydrogens (tertiary/aromatic N) is 1. The van der Waals surface area contributed by atoms with E-state index in [1.807, 2.05) is 26.1 Å². The SMILES string of the molecule is C[C@H](C(=O)Nc1cccc(C#N)c1)[NH+](C)Cc1cccc(Cl)c1Cl. The number of nitriles is 1. The Kier molecular flexibility index (Phi) is 6.22. The van der Waals surface area contributed by atoms with Crippen LogP contribution in [0.2, 0.25) is 10.0 Å². The third-order valence-corrected chi connectivity index (χ3v) is 4.75. The molecule has 0 fully saturated rings. The van der Waals surface area contributed by atoms with Crippen LogP contribution < -0.4 is 10.2 Å². The predicted octanol–water partition coefficient (Wildman–Crippen LogP) is 2.91. The number of benzene rings is 2. The van der Waals surface area contributed by atoms with Gasteiger partial charge in [-0.15, -0.1) is 0 Å². The lowest BCUT2D eigenvalue weighted by Gasteiger charge is -2.21. The minimum absolute atomic E-state index is 0.124. The van der Waals surface area contributed by atoms with E-state index in [1.165, 1.54) is 0 Å². The first-order valence-electron chi connectivity index (χ1n) is 7.48. The lowest BCUT2D eigenvalue weighted by Crippen LogP contribution is -3.12. The molecule has 0 aliphatic rings. The van der Waals surface area contributed by atoms with Gasteiger partial charge in [-0.3, -0.25) is 4.79 Å². The van der Waals surface area contributed by atoms with Crippen molar-refractivity contribution in [2.24, 2.45) is 0 Å². The van der Waals surface area contributed by atoms with Crippen LogP contribution in [0.25, 0.3) is 0 Å². The number of carbonyl (C=O) groups excluding carboxylic acids is 1. The first kappa shape index (κ1) is 18.3. The van der Waals surface area contributed by atoms with E-state index in [4.69, 9.17) is 28.5 Å². The molecule has 4 nitrogen and oxygen atoms in total. The van der Waals surface area contributed by atoms with Gasteiger partial charge in [-0.05, 0) is 31.2 Å². The molecule has 0 spiro atoms. The summed E-state index contributed by atoms with van der Waals surface area (Å²) in [5.41, 5.74) is 2.01. The first-order chi connectivity index (χ1) is 11.4. The molecule has 0 aliphatic heterocycles. The second-order valence-corrected chi connectivity index (χ2v) is 6.42. The molecule has 2 aromatic rings. The fraction of sp³-hybridized carbons (Fsp3) is 0.222. The summed E-state index contributed by atoms with van der Waals surface area (Å²) in [4.78, 5) is 13.4. The molecule has 1 unspecified atom stereocenters. The van der Waals surface area contributed by atoms with Crippen LogP contribution in [0.15, 0.2) is 42.5 Å². The van der Waals surface area contributed by atoms with Crippen LogP contribution in [0.3, 0.4) is 0 Å². The number of amides is 1. The highest BCUT2D eigenvalue weighted by atomic mass is 35.5. The molecule has 24 heavy (non-hydrogen) atoms. The van der Waals surface area contributed by atoms with Crippen LogP contribution in [0.1, 0.15) is 18.1 Å². The zero-order valence-corrected chi connectivity index (χ0v) is 14.9. The van der Waals surface area contributed by atoms with Gasteiger partial charge in [-0.25, -0.2) is 0 Å². The molecule has 0 bridgehead atoms. The number of hydrogen-bond donors (Lipinski definition) is 2. The lowest BCUT2D eigenvalue weighted by atomic mass is 10.1. The van der Waals surface area contributed by atoms with Gasteiger partial charge in [0, 0.05) is 11.3 Å². The molecule has 1 amide bonds. The van der Waals surface area contributed by atoms with Crippen molar-refractivity contribution in [2.45, 2.75) is 19.5 Å². The van der Waals surface area contributed by atoms with Crippen molar-refractivity contribution in [3.8, 4) is 6.07 Å². The zero-order chi connectivity index (χ0) is 17.7. The first-order valence-corrected chi connectivity index (χ1v) is 8.24. The molecule has 0 aromatic heterocycles. The maximum Gasteiger partial charge on any atom is 0.282 e. The third-order valence-electron chi connectivity index (χ3n) is 3.89. The second kappa shape index (κ2) is 8.16. The van der Waals surface area contributed by atoms with Crippen molar-refractivity contribution in [2.75, 3.05) is 12.4 Å². The highest BCUT2D eigenvalue weighted by Gasteiger charge is 2.23. The largest absolute Gasteiger partial charge is 0.324 e. The third kappa shape index (κ3) is 4.48. The van der Waals surface area contributed by atoms with Gasteiger partial charge in [0.15, 0.2) is 6.04 Å². The van der Waals surface area contributed by atoms with Crippen LogP contribution in [0, 0.1) is 11.3 Å². The highest BCUT2D eigenvalue weighted by molar-refractivity contribution is 6.42. The van der Waals surface area contributed by atoms with Crippen LogP contribution >= 0.6 is 23.2 Å². The Morgan fingerprint density at radius 1 is 1.29 bits per heavy atom. The van der Waals surface area contributed by atoms with Gasteiger partial charge in [0.2, 0.25) is 0 Å². The smallest absolute Gasteiger partial charge is 0.282 e. The quantitative estimate of drug-likeness (QED) is 0.858. The Balaban J connectivity index is 2.04. The van der Waals surface area contributed by atoms with Crippen LogP contribution in [0.4, 0.5) is 5.69 Å². The van der Waals surface area contributed by atoms with Crippen LogP contribution in [-0.4, -0.2) is 19.0 Å². The predicted molar refractivity (Wildman–Crippen MR) is 96.3 cm³/mol. The number of halogens is 2. The van der Waals surface area contributed by atoms with E-state index in [-0.39, 0.29) is 11.9 Å². The molecule has 2 aromatic carbocycles. The van der Waals surface area contributed by atoms with Crippen molar-refractivity contribution < 1.29 is 9.69 Å². The molecule has 2 rings (SSSR count). The summed E-state index contributed by atoms with van der Waals surface area (Å²) in [5, 5.41) is 12.8. The maximum atomic E-state index is 12.4. The van der Waals surface area contributed by atoms with Gasteiger partial charge in [-0.2, -0.15) is 5.26 Å². The van der Waals surface area contributed by atoms with E-state index in [1.54, 1.807) is 30.3 Å². The molecule has 2 N–H and O–H groups in total. The van der Waals surface area contributed by atoms with Gasteiger partial charge in [0.05, 0.1) is 28.7 Å². The number of quaternary nitrogens is 1. The van der Waals surface area contributed by atoms with E-state index in [2.05, 4.69) is 11.4 Å². The van der Waals surface area contributed by atoms with E-state index >= 15 is 0 Å². The van der Waals surface area contributed by atoms with Crippen LogP contribution in [0.5, 0.6) is 0 Å². The number of hydrogen-bond acceptors (Lipinski definition) is 2. The molecular weight excluding hydrogens is 345 g/mol. The normalized spacial score (nSPS) is 13.0. The highest BCUT2D eigenvalue weighted by Crippen LogP contribution is 2.24. The van der Waals surface area contributed by atoms with Gasteiger partial charge in [-0.1, -0.05) is 41.4 Å². The lowest BCUT2D eigenvalue weighted by molar-refractivity contribution is -0.907. The summed E-state index contributed by atoms with van der Waals surface area (Å²) < 4.78 is 0. The van der Waals surface area contributed by atoms with Gasteiger partial charge in [0.25, 0.3) is 5.91 Å². The molecule has 0 heterocycles. The van der Waals surface area contributed by atoms with Crippen molar-refractivity contribution in [1.82, 2.24) is 0 Å². The molecule has 2 atom stereocenters. The second-order valence-electron chi connectivity index (χ2n) is 5.64. The minimum Gasteiger partial charge on any atom is -0.324 e. The Hall–Kier alpha value is -2.06.